The van der Waals surface area contributed by atoms with E-state index in [0.717, 1.165) is 24.9 Å². The molecule has 0 bridgehead atoms. The molecule has 92 valence electrons. The maximum absolute atomic E-state index is 5.35. The van der Waals surface area contributed by atoms with E-state index >= 15 is 0 Å². The summed E-state index contributed by atoms with van der Waals surface area (Å²) in [5.74, 6) is 0.902. The largest absolute Gasteiger partial charge is 0.500 e. The summed E-state index contributed by atoms with van der Waals surface area (Å²) in [4.78, 5) is 0. The first-order valence-electron chi connectivity index (χ1n) is 5.26. The van der Waals surface area contributed by atoms with Gasteiger partial charge in [0.1, 0.15) is 0 Å². The fraction of sp³-hybridized carbons (Fsp3) is 0.700. The van der Waals surface area contributed by atoms with Gasteiger partial charge in [-0.25, -0.2) is 0 Å². The molecule has 6 heteroatoms. The summed E-state index contributed by atoms with van der Waals surface area (Å²) in [6.07, 6.45) is 4.54. The molecule has 1 aromatic rings. The summed E-state index contributed by atoms with van der Waals surface area (Å²) in [5.41, 5.74) is 0. The predicted molar refractivity (Wildman–Crippen MR) is 59.8 cm³/mol. The lowest BCUT2D eigenvalue weighted by Crippen LogP contribution is -2.44. The van der Waals surface area contributed by atoms with Gasteiger partial charge in [-0.2, -0.15) is 4.57 Å². The van der Waals surface area contributed by atoms with Gasteiger partial charge in [0.2, 0.25) is 6.20 Å². The second kappa shape index (κ2) is 6.14. The highest BCUT2D eigenvalue weighted by molar-refractivity contribution is 6.60. The lowest BCUT2D eigenvalue weighted by molar-refractivity contribution is -0.706. The Labute approximate surface area is 97.3 Å². The molecule has 5 nitrogen and oxygen atoms in total. The molecule has 0 aliphatic carbocycles. The van der Waals surface area contributed by atoms with Crippen molar-refractivity contribution in [1.82, 2.24) is 0 Å². The Bertz CT molecular complexity index is 303. The van der Waals surface area contributed by atoms with Crippen molar-refractivity contribution in [2.75, 3.05) is 21.3 Å². The fourth-order valence-corrected chi connectivity index (χ4v) is 3.33. The molecule has 0 radical (unpaired) electrons. The average molecular weight is 246 g/mol. The van der Waals surface area contributed by atoms with Crippen LogP contribution in [0.1, 0.15) is 12.3 Å². The number of aromatic nitrogens is 1. The molecule has 0 aromatic carbocycles. The molecule has 1 aromatic heterocycles. The van der Waals surface area contributed by atoms with Crippen LogP contribution in [0.2, 0.25) is 6.04 Å². The minimum Gasteiger partial charge on any atom is -0.410 e. The van der Waals surface area contributed by atoms with Crippen molar-refractivity contribution in [1.29, 1.82) is 0 Å². The SMILES string of the molecule is CO[Si](CCC[n+]1ccoc1C)(OC)OC. The van der Waals surface area contributed by atoms with Crippen LogP contribution in [0.15, 0.2) is 16.9 Å². The van der Waals surface area contributed by atoms with Gasteiger partial charge in [-0.05, 0) is 0 Å². The Morgan fingerprint density at radius 3 is 2.31 bits per heavy atom. The maximum atomic E-state index is 5.35. The Kier molecular flexibility index (Phi) is 5.13. The highest BCUT2D eigenvalue weighted by Crippen LogP contribution is 2.14. The van der Waals surface area contributed by atoms with Crippen molar-refractivity contribution in [2.24, 2.45) is 0 Å². The molecule has 0 unspecified atom stereocenters. The van der Waals surface area contributed by atoms with Gasteiger partial charge >= 0.3 is 14.7 Å². The normalized spacial score (nSPS) is 12.0. The van der Waals surface area contributed by atoms with Crippen molar-refractivity contribution in [3.05, 3.63) is 18.4 Å². The standard InChI is InChI=1S/C10H20NO4Si/c1-10-11(7-8-15-10)6-5-9-16(12-2,13-3)14-4/h7-8H,5-6,9H2,1-4H3/q+1. The molecule has 0 atom stereocenters. The summed E-state index contributed by atoms with van der Waals surface area (Å²) >= 11 is 0. The minimum absolute atomic E-state index is 0.800. The van der Waals surface area contributed by atoms with Gasteiger partial charge in [-0.1, -0.05) is 0 Å². The smallest absolute Gasteiger partial charge is 0.410 e. The first-order chi connectivity index (χ1) is 7.67. The molecular weight excluding hydrogens is 226 g/mol. The third-order valence-corrected chi connectivity index (χ3v) is 5.53. The fourth-order valence-electron chi connectivity index (χ4n) is 1.63. The van der Waals surface area contributed by atoms with E-state index in [1.807, 2.05) is 13.1 Å². The van der Waals surface area contributed by atoms with E-state index in [1.54, 1.807) is 27.6 Å². The van der Waals surface area contributed by atoms with Crippen molar-refractivity contribution >= 4 is 8.80 Å². The van der Waals surface area contributed by atoms with Crippen LogP contribution in [0, 0.1) is 6.92 Å². The van der Waals surface area contributed by atoms with Gasteiger partial charge in [-0.3, -0.25) is 0 Å². The highest BCUT2D eigenvalue weighted by Gasteiger charge is 2.37. The van der Waals surface area contributed by atoms with Crippen LogP contribution in [0.5, 0.6) is 0 Å². The van der Waals surface area contributed by atoms with Gasteiger partial charge in [0, 0.05) is 33.8 Å². The third kappa shape index (κ3) is 3.15. The van der Waals surface area contributed by atoms with Crippen LogP contribution in [0.25, 0.3) is 0 Å². The Balaban J connectivity index is 2.42. The lowest BCUT2D eigenvalue weighted by Gasteiger charge is -2.23. The lowest BCUT2D eigenvalue weighted by atomic mass is 10.4. The van der Waals surface area contributed by atoms with E-state index < -0.39 is 8.80 Å². The van der Waals surface area contributed by atoms with Gasteiger partial charge in [0.15, 0.2) is 12.8 Å². The van der Waals surface area contributed by atoms with Crippen LogP contribution in [-0.2, 0) is 19.8 Å². The zero-order chi connectivity index (χ0) is 12.0. The van der Waals surface area contributed by atoms with E-state index in [2.05, 4.69) is 4.57 Å². The highest BCUT2D eigenvalue weighted by atomic mass is 28.4. The van der Waals surface area contributed by atoms with E-state index in [4.69, 9.17) is 17.7 Å². The second-order valence-electron chi connectivity index (χ2n) is 3.51. The zero-order valence-corrected chi connectivity index (χ0v) is 11.4. The summed E-state index contributed by atoms with van der Waals surface area (Å²) < 4.78 is 23.3. The van der Waals surface area contributed by atoms with Crippen LogP contribution in [0.4, 0.5) is 0 Å². The number of hydrogen-bond donors (Lipinski definition) is 0. The van der Waals surface area contributed by atoms with E-state index in [0.29, 0.717) is 0 Å². The Morgan fingerprint density at radius 2 is 1.88 bits per heavy atom. The molecule has 0 N–H and O–H groups in total. The van der Waals surface area contributed by atoms with Crippen molar-refractivity contribution < 1.29 is 22.3 Å². The van der Waals surface area contributed by atoms with Crippen molar-refractivity contribution in [3.63, 3.8) is 0 Å². The molecular formula is C10H20NO4Si+. The molecule has 0 aliphatic heterocycles. The molecule has 16 heavy (non-hydrogen) atoms. The molecule has 0 aliphatic rings. The van der Waals surface area contributed by atoms with Crippen molar-refractivity contribution in [3.8, 4) is 0 Å². The first kappa shape index (κ1) is 13.4. The Hall–Kier alpha value is -0.693. The summed E-state index contributed by atoms with van der Waals surface area (Å²) in [6, 6.07) is 0.800. The molecule has 0 saturated carbocycles. The van der Waals surface area contributed by atoms with E-state index in [1.165, 1.54) is 0 Å². The van der Waals surface area contributed by atoms with Gasteiger partial charge < -0.3 is 17.7 Å². The van der Waals surface area contributed by atoms with Crippen LogP contribution >= 0.6 is 0 Å². The van der Waals surface area contributed by atoms with Crippen LogP contribution < -0.4 is 4.57 Å². The number of rotatable bonds is 7. The minimum atomic E-state index is -2.41. The first-order valence-corrected chi connectivity index (χ1v) is 7.19. The van der Waals surface area contributed by atoms with Gasteiger partial charge in [0.05, 0.1) is 6.92 Å². The quantitative estimate of drug-likeness (QED) is 0.534. The zero-order valence-electron chi connectivity index (χ0n) is 10.4. The maximum Gasteiger partial charge on any atom is 0.500 e. The average Bonchev–Trinajstić information content (AvgIpc) is 2.71. The number of aryl methyl sites for hydroxylation is 2. The Morgan fingerprint density at radius 1 is 1.25 bits per heavy atom. The number of hydrogen-bond acceptors (Lipinski definition) is 4. The molecule has 0 spiro atoms. The van der Waals surface area contributed by atoms with Crippen molar-refractivity contribution in [2.45, 2.75) is 25.9 Å². The predicted octanol–water partition coefficient (Wildman–Crippen LogP) is 1.14. The third-order valence-electron chi connectivity index (χ3n) is 2.70. The molecule has 0 saturated heterocycles. The van der Waals surface area contributed by atoms with Crippen LogP contribution in [-0.4, -0.2) is 30.1 Å². The van der Waals surface area contributed by atoms with E-state index in [-0.39, 0.29) is 0 Å². The number of oxazole rings is 1. The summed E-state index contributed by atoms with van der Waals surface area (Å²) in [7, 11) is 2.49. The topological polar surface area (TPSA) is 44.7 Å². The van der Waals surface area contributed by atoms with Gasteiger partial charge in [0.25, 0.3) is 0 Å². The molecule has 0 fully saturated rings. The summed E-state index contributed by atoms with van der Waals surface area (Å²) in [5, 5.41) is 0. The van der Waals surface area contributed by atoms with E-state index in [9.17, 15) is 0 Å². The molecule has 0 amide bonds. The van der Waals surface area contributed by atoms with Crippen LogP contribution in [0.3, 0.4) is 0 Å². The monoisotopic (exact) mass is 246 g/mol. The molecule has 1 heterocycles. The van der Waals surface area contributed by atoms with Gasteiger partial charge in [-0.15, -0.1) is 0 Å². The number of nitrogens with zero attached hydrogens (tertiary/aromatic N) is 1. The molecule has 1 rings (SSSR count). The second-order valence-corrected chi connectivity index (χ2v) is 6.61. The summed E-state index contributed by atoms with van der Waals surface area (Å²) in [6.45, 7) is 2.82.